The van der Waals surface area contributed by atoms with Gasteiger partial charge in [0, 0.05) is 27.2 Å². The molecular weight excluding hydrogens is 216 g/mol. The van der Waals surface area contributed by atoms with Crippen LogP contribution in [0.4, 0.5) is 0 Å². The fourth-order valence-electron chi connectivity index (χ4n) is 2.22. The Morgan fingerprint density at radius 2 is 2.18 bits per heavy atom. The van der Waals surface area contributed by atoms with E-state index in [1.54, 1.807) is 18.3 Å². The molecule has 1 aliphatic heterocycles. The lowest BCUT2D eigenvalue weighted by Gasteiger charge is -2.21. The minimum Gasteiger partial charge on any atom is -0.384 e. The highest BCUT2D eigenvalue weighted by Crippen LogP contribution is 2.44. The van der Waals surface area contributed by atoms with E-state index >= 15 is 0 Å². The maximum Gasteiger partial charge on any atom is 0.166 e. The zero-order valence-corrected chi connectivity index (χ0v) is 10.3. The Hall–Kier alpha value is -1.72. The molecule has 17 heavy (non-hydrogen) atoms. The first-order valence-electron chi connectivity index (χ1n) is 5.86. The Morgan fingerprint density at radius 1 is 1.53 bits per heavy atom. The number of hydrogen-bond acceptors (Lipinski definition) is 5. The number of piperidine rings is 1. The fourth-order valence-corrected chi connectivity index (χ4v) is 2.22. The second kappa shape index (κ2) is 4.65. The van der Waals surface area contributed by atoms with E-state index in [2.05, 4.69) is 15.3 Å². The summed E-state index contributed by atoms with van der Waals surface area (Å²) in [5.74, 6) is 2.93. The molecule has 2 rings (SSSR count). The molecule has 0 aromatic carbocycles. The van der Waals surface area contributed by atoms with Crippen molar-refractivity contribution >= 4 is 12.1 Å². The first kappa shape index (κ1) is 11.8. The summed E-state index contributed by atoms with van der Waals surface area (Å²) in [5, 5.41) is 16.3. The van der Waals surface area contributed by atoms with Crippen molar-refractivity contribution in [1.82, 2.24) is 15.2 Å². The fraction of sp³-hybridized carbons (Fsp3) is 0.636. The van der Waals surface area contributed by atoms with E-state index in [1.807, 2.05) is 7.05 Å². The van der Waals surface area contributed by atoms with Gasteiger partial charge in [-0.2, -0.15) is 5.10 Å². The average molecular weight is 236 g/mol. The zero-order valence-electron chi connectivity index (χ0n) is 10.3. The second-order valence-electron chi connectivity index (χ2n) is 4.67. The zero-order chi connectivity index (χ0) is 12.4. The largest absolute Gasteiger partial charge is 0.384 e. The van der Waals surface area contributed by atoms with E-state index < -0.39 is 0 Å². The maximum atomic E-state index is 7.43. The summed E-state index contributed by atoms with van der Waals surface area (Å²) in [7, 11) is 3.57. The molecule has 94 valence electrons. The van der Waals surface area contributed by atoms with Crippen molar-refractivity contribution in [3.8, 4) is 0 Å². The number of nitrogens with one attached hydrogen (secondary N) is 2. The molecule has 0 radical (unpaired) electrons. The quantitative estimate of drug-likeness (QED) is 0.359. The smallest absolute Gasteiger partial charge is 0.166 e. The summed E-state index contributed by atoms with van der Waals surface area (Å²) in [5.41, 5.74) is 5.64. The number of rotatable bonds is 4. The Morgan fingerprint density at radius 3 is 2.71 bits per heavy atom. The number of hydrogen-bond donors (Lipinski definition) is 3. The van der Waals surface area contributed by atoms with Crippen molar-refractivity contribution in [2.45, 2.75) is 6.42 Å². The third-order valence-corrected chi connectivity index (χ3v) is 3.31. The lowest BCUT2D eigenvalue weighted by Crippen LogP contribution is -2.33. The Balaban J connectivity index is 1.99. The topological polar surface area (TPSA) is 80.7 Å². The number of fused-ring (bicyclic) bond motifs is 1. The summed E-state index contributed by atoms with van der Waals surface area (Å²) in [4.78, 5) is 2.17. The molecule has 2 aliphatic rings. The highest BCUT2D eigenvalue weighted by molar-refractivity contribution is 6.28. The van der Waals surface area contributed by atoms with Gasteiger partial charge in [-0.15, -0.1) is 0 Å². The van der Waals surface area contributed by atoms with Crippen molar-refractivity contribution < 1.29 is 0 Å². The highest BCUT2D eigenvalue weighted by atomic mass is 15.5. The monoisotopic (exact) mass is 236 g/mol. The summed E-state index contributed by atoms with van der Waals surface area (Å²) in [6, 6.07) is 0. The second-order valence-corrected chi connectivity index (χ2v) is 4.67. The molecule has 1 saturated carbocycles. The van der Waals surface area contributed by atoms with E-state index in [4.69, 9.17) is 11.1 Å². The van der Waals surface area contributed by atoms with Gasteiger partial charge in [0.2, 0.25) is 0 Å². The predicted molar refractivity (Wildman–Crippen MR) is 68.5 cm³/mol. The molecule has 4 N–H and O–H groups in total. The SMILES string of the molecule is CN/C(N)=C\N(C)/N=C(\C=N)N1CC2CC2C1. The lowest BCUT2D eigenvalue weighted by molar-refractivity contribution is 0.428. The van der Waals surface area contributed by atoms with Gasteiger partial charge >= 0.3 is 0 Å². The summed E-state index contributed by atoms with van der Waals surface area (Å²) >= 11 is 0. The maximum absolute atomic E-state index is 7.43. The normalized spacial score (nSPS) is 27.8. The average Bonchev–Trinajstić information content (AvgIpc) is 2.93. The molecule has 0 spiro atoms. The van der Waals surface area contributed by atoms with Crippen LogP contribution in [0.25, 0.3) is 0 Å². The van der Waals surface area contributed by atoms with Crippen LogP contribution in [0.2, 0.25) is 0 Å². The Kier molecular flexibility index (Phi) is 3.21. The molecule has 2 unspecified atom stereocenters. The van der Waals surface area contributed by atoms with Gasteiger partial charge in [-0.1, -0.05) is 0 Å². The molecule has 2 atom stereocenters. The molecule has 6 heteroatoms. The van der Waals surface area contributed by atoms with Crippen LogP contribution in [-0.2, 0) is 0 Å². The van der Waals surface area contributed by atoms with Crippen LogP contribution in [-0.4, -0.2) is 49.1 Å². The first-order valence-corrected chi connectivity index (χ1v) is 5.86. The van der Waals surface area contributed by atoms with Gasteiger partial charge in [0.15, 0.2) is 5.84 Å². The molecule has 6 nitrogen and oxygen atoms in total. The number of amidine groups is 1. The molecule has 0 aromatic heterocycles. The molecule has 1 heterocycles. The first-order chi connectivity index (χ1) is 8.13. The number of nitrogens with zero attached hydrogens (tertiary/aromatic N) is 3. The van der Waals surface area contributed by atoms with E-state index in [1.165, 1.54) is 12.6 Å². The molecule has 0 aromatic rings. The van der Waals surface area contributed by atoms with Crippen molar-refractivity contribution in [3.05, 3.63) is 12.0 Å². The number of hydrazone groups is 1. The van der Waals surface area contributed by atoms with Crippen LogP contribution >= 0.6 is 0 Å². The highest BCUT2D eigenvalue weighted by Gasteiger charge is 2.45. The Bertz CT molecular complexity index is 351. The summed E-state index contributed by atoms with van der Waals surface area (Å²) in [6.07, 6.45) is 4.36. The van der Waals surface area contributed by atoms with Crippen LogP contribution < -0.4 is 11.1 Å². The third-order valence-electron chi connectivity index (χ3n) is 3.31. The minimum absolute atomic E-state index is 0.546. The van der Waals surface area contributed by atoms with Crippen LogP contribution in [0.1, 0.15) is 6.42 Å². The summed E-state index contributed by atoms with van der Waals surface area (Å²) < 4.78 is 0. The van der Waals surface area contributed by atoms with Gasteiger partial charge < -0.3 is 21.4 Å². The molecular formula is C11H20N6. The van der Waals surface area contributed by atoms with Crippen LogP contribution in [0.15, 0.2) is 17.1 Å². The third kappa shape index (κ3) is 2.69. The van der Waals surface area contributed by atoms with E-state index in [-0.39, 0.29) is 0 Å². The van der Waals surface area contributed by atoms with E-state index in [0.29, 0.717) is 11.7 Å². The van der Waals surface area contributed by atoms with Crippen molar-refractivity contribution in [1.29, 1.82) is 5.41 Å². The van der Waals surface area contributed by atoms with Crippen molar-refractivity contribution in [3.63, 3.8) is 0 Å². The summed E-state index contributed by atoms with van der Waals surface area (Å²) in [6.45, 7) is 2.08. The molecule has 1 saturated heterocycles. The van der Waals surface area contributed by atoms with Gasteiger partial charge in [0.25, 0.3) is 0 Å². The van der Waals surface area contributed by atoms with Crippen molar-refractivity contribution in [2.75, 3.05) is 27.2 Å². The van der Waals surface area contributed by atoms with E-state index in [9.17, 15) is 0 Å². The van der Waals surface area contributed by atoms with Crippen molar-refractivity contribution in [2.24, 2.45) is 22.7 Å². The van der Waals surface area contributed by atoms with Gasteiger partial charge in [0.05, 0.1) is 12.4 Å². The molecule has 0 amide bonds. The standard InChI is InChI=1S/C11H20N6/c1-14-10(13)7-16(2)15-11(4-12)17-5-8-3-9(8)6-17/h4,7-9,12,14H,3,5-6,13H2,1-2H3/b10-7-,12-4?,15-11+. The molecule has 2 fully saturated rings. The van der Waals surface area contributed by atoms with Gasteiger partial charge in [-0.3, -0.25) is 5.01 Å². The predicted octanol–water partition coefficient (Wildman–Crippen LogP) is -0.190. The lowest BCUT2D eigenvalue weighted by atomic mass is 10.4. The van der Waals surface area contributed by atoms with Gasteiger partial charge in [0.1, 0.15) is 5.82 Å². The van der Waals surface area contributed by atoms with Crippen LogP contribution in [0.5, 0.6) is 0 Å². The molecule has 1 aliphatic carbocycles. The molecule has 0 bridgehead atoms. The Labute approximate surface area is 102 Å². The van der Waals surface area contributed by atoms with Crippen LogP contribution in [0, 0.1) is 17.2 Å². The van der Waals surface area contributed by atoms with E-state index in [0.717, 1.165) is 24.9 Å². The van der Waals surface area contributed by atoms with Gasteiger partial charge in [-0.25, -0.2) is 0 Å². The minimum atomic E-state index is 0.546. The van der Waals surface area contributed by atoms with Gasteiger partial charge in [-0.05, 0) is 18.3 Å². The number of likely N-dealkylation sites (tertiary alicyclic amines) is 1. The number of nitrogens with two attached hydrogens (primary N) is 1. The van der Waals surface area contributed by atoms with Crippen LogP contribution in [0.3, 0.4) is 0 Å².